The Hall–Kier alpha value is -2.82. The number of hydrogen-bond donors (Lipinski definition) is 0. The van der Waals surface area contributed by atoms with Gasteiger partial charge in [0.25, 0.3) is 5.69 Å². The van der Waals surface area contributed by atoms with Crippen LogP contribution < -0.4 is 4.84 Å². The summed E-state index contributed by atoms with van der Waals surface area (Å²) in [5.41, 5.74) is 2.78. The van der Waals surface area contributed by atoms with E-state index in [9.17, 15) is 10.1 Å². The van der Waals surface area contributed by atoms with E-state index < -0.39 is 4.92 Å². The highest BCUT2D eigenvalue weighted by atomic mass is 16.6. The van der Waals surface area contributed by atoms with Gasteiger partial charge in [-0.05, 0) is 11.6 Å². The highest BCUT2D eigenvalue weighted by Crippen LogP contribution is 2.32. The number of nitro benzene ring substituents is 1. The van der Waals surface area contributed by atoms with Crippen LogP contribution in [-0.4, -0.2) is 16.8 Å². The first-order valence-electron chi connectivity index (χ1n) is 6.10. The average Bonchev–Trinajstić information content (AvgIpc) is 2.86. The van der Waals surface area contributed by atoms with Crippen molar-refractivity contribution in [1.29, 1.82) is 0 Å². The van der Waals surface area contributed by atoms with Crippen LogP contribution in [0.2, 0.25) is 0 Å². The molecule has 3 aromatic rings. The van der Waals surface area contributed by atoms with Gasteiger partial charge in [-0.15, -0.1) is 0 Å². The number of nitro groups is 1. The quantitative estimate of drug-likeness (QED) is 0.541. The minimum Gasteiger partial charge on any atom is -0.417 e. The van der Waals surface area contributed by atoms with Crippen molar-refractivity contribution in [3.63, 3.8) is 0 Å². The van der Waals surface area contributed by atoms with E-state index in [1.165, 1.54) is 6.07 Å². The molecule has 0 amide bonds. The summed E-state index contributed by atoms with van der Waals surface area (Å²) in [5.74, 6) is 0. The van der Waals surface area contributed by atoms with E-state index in [1.54, 1.807) is 24.0 Å². The van der Waals surface area contributed by atoms with Crippen LogP contribution in [0.25, 0.3) is 22.0 Å². The lowest BCUT2D eigenvalue weighted by atomic mass is 10.0. The van der Waals surface area contributed by atoms with Crippen molar-refractivity contribution >= 4 is 16.6 Å². The topological polar surface area (TPSA) is 57.3 Å². The van der Waals surface area contributed by atoms with E-state index in [4.69, 9.17) is 4.84 Å². The van der Waals surface area contributed by atoms with Gasteiger partial charge < -0.3 is 4.84 Å². The largest absolute Gasteiger partial charge is 0.417 e. The highest BCUT2D eigenvalue weighted by molar-refractivity contribution is 5.97. The summed E-state index contributed by atoms with van der Waals surface area (Å²) in [7, 11) is 1.57. The Balaban J connectivity index is 2.30. The zero-order valence-corrected chi connectivity index (χ0v) is 10.8. The Labute approximate surface area is 115 Å². The summed E-state index contributed by atoms with van der Waals surface area (Å²) in [4.78, 5) is 15.8. The lowest BCUT2D eigenvalue weighted by Gasteiger charge is -2.00. The van der Waals surface area contributed by atoms with E-state index in [2.05, 4.69) is 0 Å². The maximum Gasteiger partial charge on any atom is 0.270 e. The maximum atomic E-state index is 10.9. The first-order chi connectivity index (χ1) is 9.70. The fraction of sp³-hybridized carbons (Fsp3) is 0.0667. The maximum absolute atomic E-state index is 10.9. The van der Waals surface area contributed by atoms with Crippen molar-refractivity contribution < 1.29 is 9.76 Å². The number of non-ortho nitro benzene ring substituents is 1. The smallest absolute Gasteiger partial charge is 0.270 e. The molecule has 20 heavy (non-hydrogen) atoms. The number of nitrogens with zero attached hydrogens (tertiary/aromatic N) is 2. The van der Waals surface area contributed by atoms with Crippen molar-refractivity contribution in [3.8, 4) is 11.1 Å². The van der Waals surface area contributed by atoms with Gasteiger partial charge in [0.1, 0.15) is 7.11 Å². The molecule has 0 N–H and O–H groups in total. The molecule has 0 radical (unpaired) electrons. The summed E-state index contributed by atoms with van der Waals surface area (Å²) in [6.07, 6.45) is 1.84. The molecule has 3 rings (SSSR count). The van der Waals surface area contributed by atoms with Gasteiger partial charge in [-0.3, -0.25) is 10.1 Å². The van der Waals surface area contributed by atoms with Crippen LogP contribution >= 0.6 is 0 Å². The molecule has 5 heteroatoms. The van der Waals surface area contributed by atoms with Crippen LogP contribution in [-0.2, 0) is 0 Å². The molecule has 0 atom stereocenters. The lowest BCUT2D eigenvalue weighted by Crippen LogP contribution is -2.02. The average molecular weight is 268 g/mol. The third-order valence-electron chi connectivity index (χ3n) is 3.25. The molecule has 1 aromatic heterocycles. The Morgan fingerprint density at radius 3 is 2.55 bits per heavy atom. The number of rotatable bonds is 3. The number of aromatic nitrogens is 1. The first-order valence-corrected chi connectivity index (χ1v) is 6.10. The van der Waals surface area contributed by atoms with E-state index in [0.717, 1.165) is 22.0 Å². The fourth-order valence-corrected chi connectivity index (χ4v) is 2.30. The van der Waals surface area contributed by atoms with Crippen LogP contribution in [0.5, 0.6) is 0 Å². The number of hydrogen-bond acceptors (Lipinski definition) is 3. The monoisotopic (exact) mass is 268 g/mol. The fourth-order valence-electron chi connectivity index (χ4n) is 2.30. The van der Waals surface area contributed by atoms with Crippen molar-refractivity contribution in [3.05, 3.63) is 64.8 Å². The molecule has 0 saturated heterocycles. The van der Waals surface area contributed by atoms with Crippen LogP contribution in [0, 0.1) is 10.1 Å². The van der Waals surface area contributed by atoms with Crippen LogP contribution in [0.1, 0.15) is 0 Å². The van der Waals surface area contributed by atoms with Gasteiger partial charge in [0.15, 0.2) is 0 Å². The van der Waals surface area contributed by atoms with Gasteiger partial charge in [0.05, 0.1) is 16.6 Å². The third kappa shape index (κ3) is 1.89. The van der Waals surface area contributed by atoms with Crippen molar-refractivity contribution in [2.75, 3.05) is 7.11 Å². The minimum absolute atomic E-state index is 0.0727. The molecule has 0 unspecified atom stereocenters. The van der Waals surface area contributed by atoms with Crippen LogP contribution in [0.3, 0.4) is 0 Å². The molecular formula is C15H12N2O3. The Morgan fingerprint density at radius 1 is 1.15 bits per heavy atom. The molecule has 0 saturated carbocycles. The SMILES string of the molecule is COn1cc(-c2ccccc2)c2cc([N+](=O)[O-])ccc21. The van der Waals surface area contributed by atoms with E-state index in [1.807, 2.05) is 36.5 Å². The molecule has 0 aliphatic rings. The van der Waals surface area contributed by atoms with E-state index >= 15 is 0 Å². The standard InChI is InChI=1S/C15H12N2O3/c1-20-16-10-14(11-5-3-2-4-6-11)13-9-12(17(18)19)7-8-15(13)16/h2-10H,1H3. The predicted molar refractivity (Wildman–Crippen MR) is 76.5 cm³/mol. The molecule has 2 aromatic carbocycles. The molecule has 1 heterocycles. The Morgan fingerprint density at radius 2 is 1.90 bits per heavy atom. The summed E-state index contributed by atoms with van der Waals surface area (Å²) in [5, 5.41) is 11.7. The van der Waals surface area contributed by atoms with Crippen LogP contribution in [0.4, 0.5) is 5.69 Å². The summed E-state index contributed by atoms with van der Waals surface area (Å²) in [6, 6.07) is 14.5. The molecule has 5 nitrogen and oxygen atoms in total. The third-order valence-corrected chi connectivity index (χ3v) is 3.25. The molecule has 0 aliphatic carbocycles. The lowest BCUT2D eigenvalue weighted by molar-refractivity contribution is -0.384. The zero-order chi connectivity index (χ0) is 14.1. The van der Waals surface area contributed by atoms with Gasteiger partial charge in [0, 0.05) is 23.1 Å². The summed E-state index contributed by atoms with van der Waals surface area (Å²) >= 11 is 0. The van der Waals surface area contributed by atoms with Gasteiger partial charge in [0.2, 0.25) is 0 Å². The summed E-state index contributed by atoms with van der Waals surface area (Å²) in [6.45, 7) is 0. The second kappa shape index (κ2) is 4.70. The van der Waals surface area contributed by atoms with Gasteiger partial charge in [-0.25, -0.2) is 0 Å². The Kier molecular flexibility index (Phi) is 2.87. The molecule has 0 spiro atoms. The molecular weight excluding hydrogens is 256 g/mol. The van der Waals surface area contributed by atoms with Gasteiger partial charge >= 0.3 is 0 Å². The highest BCUT2D eigenvalue weighted by Gasteiger charge is 2.14. The van der Waals surface area contributed by atoms with E-state index in [-0.39, 0.29) is 5.69 Å². The normalized spacial score (nSPS) is 10.7. The Bertz CT molecular complexity index is 778. The summed E-state index contributed by atoms with van der Waals surface area (Å²) < 4.78 is 1.61. The van der Waals surface area contributed by atoms with Gasteiger partial charge in [-0.2, -0.15) is 4.73 Å². The number of benzene rings is 2. The van der Waals surface area contributed by atoms with Gasteiger partial charge in [-0.1, -0.05) is 30.3 Å². The van der Waals surface area contributed by atoms with Crippen molar-refractivity contribution in [2.45, 2.75) is 0 Å². The second-order valence-corrected chi connectivity index (χ2v) is 4.38. The van der Waals surface area contributed by atoms with Crippen molar-refractivity contribution in [2.24, 2.45) is 0 Å². The van der Waals surface area contributed by atoms with E-state index in [0.29, 0.717) is 0 Å². The number of fused-ring (bicyclic) bond motifs is 1. The molecule has 0 aliphatic heterocycles. The van der Waals surface area contributed by atoms with Crippen molar-refractivity contribution in [1.82, 2.24) is 4.73 Å². The predicted octanol–water partition coefficient (Wildman–Crippen LogP) is 3.27. The molecule has 100 valence electrons. The molecule has 0 fully saturated rings. The van der Waals surface area contributed by atoms with Crippen LogP contribution in [0.15, 0.2) is 54.7 Å². The minimum atomic E-state index is -0.391. The second-order valence-electron chi connectivity index (χ2n) is 4.38. The molecule has 0 bridgehead atoms. The first kappa shape index (κ1) is 12.2. The zero-order valence-electron chi connectivity index (χ0n) is 10.8.